The number of nitrogens with one attached hydrogen (secondary N) is 2. The van der Waals surface area contributed by atoms with E-state index in [0.717, 1.165) is 62.9 Å². The first-order chi connectivity index (χ1) is 33.4. The van der Waals surface area contributed by atoms with Crippen molar-refractivity contribution in [2.45, 2.75) is 136 Å². The summed E-state index contributed by atoms with van der Waals surface area (Å²) < 4.78 is 20.6. The van der Waals surface area contributed by atoms with Crippen molar-refractivity contribution < 1.29 is 33.4 Å². The lowest BCUT2D eigenvalue weighted by atomic mass is 9.84. The highest BCUT2D eigenvalue weighted by Gasteiger charge is 2.39. The number of carbonyl (C=O) groups excluding carboxylic acids is 4. The quantitative estimate of drug-likeness (QED) is 0.111. The summed E-state index contributed by atoms with van der Waals surface area (Å²) in [7, 11) is 3.76. The number of hydrogen-bond acceptors (Lipinski definition) is 10. The van der Waals surface area contributed by atoms with Gasteiger partial charge in [-0.15, -0.1) is 0 Å². The third-order valence-corrected chi connectivity index (χ3v) is 14.9. The van der Waals surface area contributed by atoms with Gasteiger partial charge in [-0.05, 0) is 125 Å². The topological polar surface area (TPSA) is 148 Å². The van der Waals surface area contributed by atoms with Gasteiger partial charge in [-0.2, -0.15) is 0 Å². The predicted octanol–water partition coefficient (Wildman–Crippen LogP) is 7.12. The molecule has 374 valence electrons. The van der Waals surface area contributed by atoms with E-state index in [1.54, 1.807) is 18.2 Å². The van der Waals surface area contributed by atoms with Crippen molar-refractivity contribution in [3.63, 3.8) is 0 Å². The summed E-state index contributed by atoms with van der Waals surface area (Å²) in [5.74, 6) is 4.06. The van der Waals surface area contributed by atoms with E-state index in [1.807, 2.05) is 52.8 Å². The molecular weight excluding hydrogens is 883 g/mol. The zero-order valence-corrected chi connectivity index (χ0v) is 42.9. The maximum Gasteiger partial charge on any atom is 0.324 e. The summed E-state index contributed by atoms with van der Waals surface area (Å²) in [4.78, 5) is 64.8. The van der Waals surface area contributed by atoms with Gasteiger partial charge in [0.05, 0.1) is 48.3 Å². The Hall–Kier alpha value is -5.59. The van der Waals surface area contributed by atoms with Crippen LogP contribution in [0.1, 0.15) is 104 Å². The van der Waals surface area contributed by atoms with Crippen LogP contribution in [0.15, 0.2) is 60.8 Å². The summed E-state index contributed by atoms with van der Waals surface area (Å²) in [6.45, 7) is 18.6. The first-order valence-electron chi connectivity index (χ1n) is 25.3. The van der Waals surface area contributed by atoms with Crippen molar-refractivity contribution in [1.82, 2.24) is 35.1 Å². The van der Waals surface area contributed by atoms with Crippen molar-refractivity contribution in [1.29, 1.82) is 0 Å². The fourth-order valence-electron chi connectivity index (χ4n) is 10.1. The van der Waals surface area contributed by atoms with Crippen LogP contribution in [0.3, 0.4) is 0 Å². The molecular formula is C56H73N7O7. The molecule has 0 spiro atoms. The molecule has 4 aromatic rings. The number of hydrazine groups is 1. The first kappa shape index (κ1) is 50.8. The Balaban J connectivity index is 1.07. The number of methoxy groups -OCH3 is 1. The van der Waals surface area contributed by atoms with Crippen LogP contribution < -0.4 is 10.7 Å². The number of amides is 3. The Morgan fingerprint density at radius 2 is 1.80 bits per heavy atom. The Morgan fingerprint density at radius 3 is 2.51 bits per heavy atom. The van der Waals surface area contributed by atoms with Gasteiger partial charge >= 0.3 is 5.97 Å². The summed E-state index contributed by atoms with van der Waals surface area (Å²) in [6, 6.07) is 17.6. The molecule has 70 heavy (non-hydrogen) atoms. The van der Waals surface area contributed by atoms with E-state index in [9.17, 15) is 19.2 Å². The van der Waals surface area contributed by atoms with Crippen molar-refractivity contribution in [3.05, 3.63) is 77.6 Å². The number of aryl methyl sites for hydroxylation is 1. The highest BCUT2D eigenvalue weighted by molar-refractivity contribution is 5.96. The summed E-state index contributed by atoms with van der Waals surface area (Å²) in [6.07, 6.45) is 5.56. The smallest absolute Gasteiger partial charge is 0.324 e. The molecule has 14 heteroatoms. The molecule has 3 fully saturated rings. The Labute approximate surface area is 414 Å². The van der Waals surface area contributed by atoms with Gasteiger partial charge in [0.25, 0.3) is 11.8 Å². The van der Waals surface area contributed by atoms with Gasteiger partial charge < -0.3 is 29.0 Å². The fourth-order valence-corrected chi connectivity index (χ4v) is 10.1. The van der Waals surface area contributed by atoms with E-state index in [4.69, 9.17) is 19.2 Å². The second-order valence-electron chi connectivity index (χ2n) is 21.5. The third kappa shape index (κ3) is 11.1. The van der Waals surface area contributed by atoms with E-state index >= 15 is 0 Å². The van der Waals surface area contributed by atoms with Crippen LogP contribution in [-0.4, -0.2) is 125 Å². The van der Waals surface area contributed by atoms with E-state index in [2.05, 4.69) is 96.3 Å². The highest BCUT2D eigenvalue weighted by atomic mass is 16.5. The summed E-state index contributed by atoms with van der Waals surface area (Å²) in [5, 5.41) is 5.72. The minimum absolute atomic E-state index is 0.112. The molecule has 8 rings (SSSR count). The minimum Gasteiger partial charge on any atom is -0.464 e. The molecule has 14 nitrogen and oxygen atoms in total. The number of rotatable bonds is 12. The van der Waals surface area contributed by atoms with Gasteiger partial charge in [0.15, 0.2) is 0 Å². The zero-order chi connectivity index (χ0) is 50.1. The molecule has 0 unspecified atom stereocenters. The van der Waals surface area contributed by atoms with Gasteiger partial charge in [0.2, 0.25) is 5.91 Å². The van der Waals surface area contributed by atoms with Crippen molar-refractivity contribution in [2.75, 3.05) is 47.0 Å². The van der Waals surface area contributed by atoms with Crippen molar-refractivity contribution >= 4 is 34.6 Å². The Bertz CT molecular complexity index is 2650. The number of benzene rings is 2. The average molecular weight is 956 g/mol. The number of cyclic esters (lactones) is 1. The van der Waals surface area contributed by atoms with Gasteiger partial charge in [-0.1, -0.05) is 63.9 Å². The summed E-state index contributed by atoms with van der Waals surface area (Å²) in [5.41, 5.74) is 10.3. The molecule has 2 N–H and O–H groups in total. The molecule has 3 amide bonds. The van der Waals surface area contributed by atoms with Gasteiger partial charge in [0.1, 0.15) is 12.1 Å². The van der Waals surface area contributed by atoms with Crippen LogP contribution in [-0.2, 0) is 52.8 Å². The van der Waals surface area contributed by atoms with Crippen LogP contribution in [0.5, 0.6) is 0 Å². The molecule has 3 aliphatic heterocycles. The molecule has 5 heterocycles. The highest BCUT2D eigenvalue weighted by Crippen LogP contribution is 2.42. The zero-order valence-electron chi connectivity index (χ0n) is 42.9. The van der Waals surface area contributed by atoms with Crippen LogP contribution in [0.2, 0.25) is 0 Å². The lowest BCUT2D eigenvalue weighted by Gasteiger charge is -2.39. The largest absolute Gasteiger partial charge is 0.464 e. The maximum atomic E-state index is 14.7. The normalized spacial score (nSPS) is 20.9. The van der Waals surface area contributed by atoms with Crippen LogP contribution in [0, 0.1) is 29.1 Å². The number of likely N-dealkylation sites (tertiary alicyclic amines) is 1. The lowest BCUT2D eigenvalue weighted by Crippen LogP contribution is -2.61. The second kappa shape index (κ2) is 21.0. The van der Waals surface area contributed by atoms with E-state index < -0.39 is 34.9 Å². The van der Waals surface area contributed by atoms with Crippen molar-refractivity contribution in [2.24, 2.45) is 17.3 Å². The van der Waals surface area contributed by atoms with Gasteiger partial charge in [-0.3, -0.25) is 34.1 Å². The monoisotopic (exact) mass is 956 g/mol. The molecule has 1 aliphatic carbocycles. The van der Waals surface area contributed by atoms with Gasteiger partial charge in [0, 0.05) is 73.8 Å². The molecule has 2 aromatic heterocycles. The third-order valence-electron chi connectivity index (χ3n) is 14.9. The molecule has 2 saturated heterocycles. The predicted molar refractivity (Wildman–Crippen MR) is 271 cm³/mol. The lowest BCUT2D eigenvalue weighted by molar-refractivity contribution is -0.155. The number of hydrogen-bond donors (Lipinski definition) is 2. The minimum atomic E-state index is -0.957. The fraction of sp³-hybridized carbons (Fsp3) is 0.554. The molecule has 2 aromatic carbocycles. The number of esters is 1. The number of aromatic nitrogens is 2. The van der Waals surface area contributed by atoms with Gasteiger partial charge in [-0.25, -0.2) is 5.43 Å². The molecule has 1 saturated carbocycles. The maximum absolute atomic E-state index is 14.7. The molecule has 4 atom stereocenters. The second-order valence-corrected chi connectivity index (χ2v) is 21.5. The Kier molecular flexibility index (Phi) is 15.2. The van der Waals surface area contributed by atoms with E-state index in [0.29, 0.717) is 51.5 Å². The number of carbonyl (C=O) groups is 4. The number of fused-ring (bicyclic) bond motifs is 6. The van der Waals surface area contributed by atoms with E-state index in [-0.39, 0.29) is 55.5 Å². The van der Waals surface area contributed by atoms with Crippen LogP contribution in [0.4, 0.5) is 0 Å². The average Bonchev–Trinajstić information content (AvgIpc) is 4.14. The first-order valence-corrected chi connectivity index (χ1v) is 25.3. The Morgan fingerprint density at radius 1 is 1.04 bits per heavy atom. The number of pyridine rings is 1. The van der Waals surface area contributed by atoms with E-state index in [1.165, 1.54) is 5.01 Å². The molecule has 0 radical (unpaired) electrons. The van der Waals surface area contributed by atoms with Crippen molar-refractivity contribution in [3.8, 4) is 34.2 Å². The molecule has 6 bridgehead atoms. The van der Waals surface area contributed by atoms with Crippen LogP contribution in [0.25, 0.3) is 33.3 Å². The standard InChI is InChI=1S/C56H73N7O7/c1-11-62-48-22-19-39-29-43(48)44(51(62)42-17-13-25-57-50(42)36(4)68-10)30-55(5,6)34-70-54(67)46-18-14-26-63(59-46)53(66)47(28-37-15-12-16-38(39)27-37)58-52(65)45(35(2)3)33-69-41-31-61(32-41)49(64)23-24-56(7,8)60(9)40-20-21-40/h12-13,15-17,19,22,25,27,29,35-36,40-41,45-47,59H,11,14,18,20-21,26,28,30-34H2,1-10H3,(H,58,65)/t36-,45-,46-,47-/m0/s1. The SMILES string of the molecule is CCn1c(-c2cccnc2[C@H](C)OC)c2c3cc(ccc31)-c1cccc(c1)C[C@H](NC(=O)[C@@H](COC1CN(C(=O)C#CC(C)(C)N(C)C3CC3)C1)C(C)C)C(=O)N1CCC[C@H](N1)C(=O)OCC(C)(C)C2. The number of nitrogens with zero attached hydrogens (tertiary/aromatic N) is 5. The number of ether oxygens (including phenoxy) is 3. The van der Waals surface area contributed by atoms with Crippen LogP contribution >= 0.6 is 0 Å². The summed E-state index contributed by atoms with van der Waals surface area (Å²) >= 11 is 0. The molecule has 4 aliphatic rings.